The molecule has 1 rings (SSSR count). The fourth-order valence-corrected chi connectivity index (χ4v) is 3.07. The Morgan fingerprint density at radius 2 is 2.46 bits per heavy atom. The predicted octanol–water partition coefficient (Wildman–Crippen LogP) is 2.54. The van der Waals surface area contributed by atoms with Crippen LogP contribution in [0.3, 0.4) is 0 Å². The molecular formula is C9H16N2S2. The molecule has 0 amide bonds. The minimum absolute atomic E-state index is 0.606. The van der Waals surface area contributed by atoms with Gasteiger partial charge < -0.3 is 5.32 Å². The first-order valence-corrected chi connectivity index (χ1v) is 6.35. The van der Waals surface area contributed by atoms with Gasteiger partial charge in [0.2, 0.25) is 0 Å². The molecule has 0 aliphatic heterocycles. The second-order valence-electron chi connectivity index (χ2n) is 2.96. The van der Waals surface area contributed by atoms with Crippen LogP contribution in [0.2, 0.25) is 0 Å². The zero-order chi connectivity index (χ0) is 9.68. The van der Waals surface area contributed by atoms with E-state index in [-0.39, 0.29) is 0 Å². The van der Waals surface area contributed by atoms with Crippen LogP contribution in [-0.2, 0) is 0 Å². The van der Waals surface area contributed by atoms with Crippen LogP contribution in [0.15, 0.2) is 9.72 Å². The first kappa shape index (κ1) is 11.0. The van der Waals surface area contributed by atoms with Gasteiger partial charge >= 0.3 is 0 Å². The van der Waals surface area contributed by atoms with Crippen molar-refractivity contribution in [3.63, 3.8) is 0 Å². The minimum atomic E-state index is 0.606. The summed E-state index contributed by atoms with van der Waals surface area (Å²) in [5, 5.41) is 5.38. The molecule has 0 spiro atoms. The van der Waals surface area contributed by atoms with Crippen LogP contribution in [0.5, 0.6) is 0 Å². The Bertz CT molecular complexity index is 244. The molecule has 74 valence electrons. The molecule has 2 nitrogen and oxygen atoms in total. The first-order valence-electron chi connectivity index (χ1n) is 4.48. The van der Waals surface area contributed by atoms with Gasteiger partial charge in [-0.15, -0.1) is 11.3 Å². The number of aromatic nitrogens is 1. The van der Waals surface area contributed by atoms with Gasteiger partial charge in [-0.3, -0.25) is 0 Å². The number of thioether (sulfide) groups is 1. The van der Waals surface area contributed by atoms with E-state index >= 15 is 0 Å². The number of aryl methyl sites for hydroxylation is 1. The lowest BCUT2D eigenvalue weighted by Crippen LogP contribution is -2.26. The first-order chi connectivity index (χ1) is 6.26. The van der Waals surface area contributed by atoms with Gasteiger partial charge in [0, 0.05) is 22.9 Å². The summed E-state index contributed by atoms with van der Waals surface area (Å²) >= 11 is 3.58. The molecule has 4 heteroatoms. The maximum Gasteiger partial charge on any atom is 0.150 e. The molecule has 0 bridgehead atoms. The summed E-state index contributed by atoms with van der Waals surface area (Å²) in [5.41, 5.74) is 1.13. The molecule has 1 N–H and O–H groups in total. The molecule has 1 aromatic rings. The largest absolute Gasteiger partial charge is 0.316 e. The number of hydrogen-bond donors (Lipinski definition) is 1. The molecule has 0 saturated heterocycles. The monoisotopic (exact) mass is 216 g/mol. The Morgan fingerprint density at radius 3 is 2.92 bits per heavy atom. The SMILES string of the molecule is CCC(CSc1nc(C)cs1)NC. The van der Waals surface area contributed by atoms with Gasteiger partial charge in [-0.05, 0) is 20.4 Å². The molecule has 0 fully saturated rings. The van der Waals surface area contributed by atoms with Crippen molar-refractivity contribution < 1.29 is 0 Å². The summed E-state index contributed by atoms with van der Waals surface area (Å²) in [6.07, 6.45) is 1.17. The number of thiazole rings is 1. The zero-order valence-electron chi connectivity index (χ0n) is 8.33. The highest BCUT2D eigenvalue weighted by atomic mass is 32.2. The highest BCUT2D eigenvalue weighted by Gasteiger charge is 2.05. The normalized spacial score (nSPS) is 13.2. The molecule has 1 heterocycles. The van der Waals surface area contributed by atoms with Gasteiger partial charge in [0.1, 0.15) is 4.34 Å². The van der Waals surface area contributed by atoms with Crippen LogP contribution in [0.1, 0.15) is 19.0 Å². The lowest BCUT2D eigenvalue weighted by molar-refractivity contribution is 0.601. The second-order valence-corrected chi connectivity index (χ2v) is 5.08. The number of rotatable bonds is 5. The van der Waals surface area contributed by atoms with E-state index in [1.165, 1.54) is 10.8 Å². The van der Waals surface area contributed by atoms with E-state index in [9.17, 15) is 0 Å². The Labute approximate surface area is 88.2 Å². The smallest absolute Gasteiger partial charge is 0.150 e. The molecular weight excluding hydrogens is 200 g/mol. The number of nitrogens with one attached hydrogen (secondary N) is 1. The summed E-state index contributed by atoms with van der Waals surface area (Å²) in [6.45, 7) is 4.24. The van der Waals surface area contributed by atoms with Gasteiger partial charge in [-0.25, -0.2) is 4.98 Å². The van der Waals surface area contributed by atoms with E-state index in [2.05, 4.69) is 22.6 Å². The van der Waals surface area contributed by atoms with E-state index in [0.717, 1.165) is 11.4 Å². The summed E-state index contributed by atoms with van der Waals surface area (Å²) in [5.74, 6) is 1.11. The third kappa shape index (κ3) is 3.67. The van der Waals surface area contributed by atoms with Gasteiger partial charge in [-0.1, -0.05) is 18.7 Å². The van der Waals surface area contributed by atoms with E-state index in [1.54, 1.807) is 11.3 Å². The van der Waals surface area contributed by atoms with Crippen molar-refractivity contribution in [1.82, 2.24) is 10.3 Å². The third-order valence-electron chi connectivity index (χ3n) is 1.91. The highest BCUT2D eigenvalue weighted by molar-refractivity contribution is 8.01. The fraction of sp³-hybridized carbons (Fsp3) is 0.667. The van der Waals surface area contributed by atoms with Crippen LogP contribution < -0.4 is 5.32 Å². The van der Waals surface area contributed by atoms with E-state index in [1.807, 2.05) is 25.7 Å². The maximum atomic E-state index is 4.40. The topological polar surface area (TPSA) is 24.9 Å². The summed E-state index contributed by atoms with van der Waals surface area (Å²) in [7, 11) is 2.02. The lowest BCUT2D eigenvalue weighted by atomic mass is 10.3. The Balaban J connectivity index is 2.33. The van der Waals surface area contributed by atoms with E-state index in [4.69, 9.17) is 0 Å². The lowest BCUT2D eigenvalue weighted by Gasteiger charge is -2.11. The minimum Gasteiger partial charge on any atom is -0.316 e. The highest BCUT2D eigenvalue weighted by Crippen LogP contribution is 2.23. The molecule has 1 unspecified atom stereocenters. The molecule has 0 radical (unpaired) electrons. The van der Waals surface area contributed by atoms with Crippen molar-refractivity contribution in [2.24, 2.45) is 0 Å². The molecule has 13 heavy (non-hydrogen) atoms. The van der Waals surface area contributed by atoms with Crippen LogP contribution >= 0.6 is 23.1 Å². The van der Waals surface area contributed by atoms with Crippen molar-refractivity contribution >= 4 is 23.1 Å². The molecule has 0 aliphatic rings. The molecule has 0 aromatic carbocycles. The fourth-order valence-electron chi connectivity index (χ4n) is 0.976. The average molecular weight is 216 g/mol. The standard InChI is InChI=1S/C9H16N2S2/c1-4-8(10-3)6-13-9-11-7(2)5-12-9/h5,8,10H,4,6H2,1-3H3. The quantitative estimate of drug-likeness (QED) is 0.766. The van der Waals surface area contributed by atoms with Crippen molar-refractivity contribution in [3.05, 3.63) is 11.1 Å². The van der Waals surface area contributed by atoms with Crippen LogP contribution in [0.4, 0.5) is 0 Å². The van der Waals surface area contributed by atoms with Crippen molar-refractivity contribution in [1.29, 1.82) is 0 Å². The van der Waals surface area contributed by atoms with Crippen molar-refractivity contribution in [2.45, 2.75) is 30.6 Å². The maximum absolute atomic E-state index is 4.40. The second kappa shape index (κ2) is 5.62. The van der Waals surface area contributed by atoms with E-state index in [0.29, 0.717) is 6.04 Å². The zero-order valence-corrected chi connectivity index (χ0v) is 9.97. The van der Waals surface area contributed by atoms with Gasteiger partial charge in [0.15, 0.2) is 0 Å². The average Bonchev–Trinajstić information content (AvgIpc) is 2.53. The van der Waals surface area contributed by atoms with Crippen molar-refractivity contribution in [2.75, 3.05) is 12.8 Å². The van der Waals surface area contributed by atoms with Crippen LogP contribution in [0, 0.1) is 6.92 Å². The molecule has 1 atom stereocenters. The molecule has 1 aromatic heterocycles. The Kier molecular flexibility index (Phi) is 4.77. The van der Waals surface area contributed by atoms with Gasteiger partial charge in [0.05, 0.1) is 0 Å². The molecule has 0 aliphatic carbocycles. The van der Waals surface area contributed by atoms with E-state index < -0.39 is 0 Å². The van der Waals surface area contributed by atoms with Gasteiger partial charge in [0.25, 0.3) is 0 Å². The number of hydrogen-bond acceptors (Lipinski definition) is 4. The summed E-state index contributed by atoms with van der Waals surface area (Å²) in [6, 6.07) is 0.606. The summed E-state index contributed by atoms with van der Waals surface area (Å²) < 4.78 is 1.19. The Hall–Kier alpha value is -0.0600. The van der Waals surface area contributed by atoms with Crippen LogP contribution in [0.25, 0.3) is 0 Å². The van der Waals surface area contributed by atoms with Gasteiger partial charge in [-0.2, -0.15) is 0 Å². The third-order valence-corrected chi connectivity index (χ3v) is 4.21. The number of nitrogens with zero attached hydrogens (tertiary/aromatic N) is 1. The van der Waals surface area contributed by atoms with Crippen LogP contribution in [-0.4, -0.2) is 23.8 Å². The molecule has 0 saturated carbocycles. The Morgan fingerprint density at radius 1 is 1.69 bits per heavy atom. The summed E-state index contributed by atoms with van der Waals surface area (Å²) in [4.78, 5) is 4.40. The predicted molar refractivity (Wildman–Crippen MR) is 60.7 cm³/mol. The van der Waals surface area contributed by atoms with Crippen molar-refractivity contribution in [3.8, 4) is 0 Å².